The van der Waals surface area contributed by atoms with Gasteiger partial charge >= 0.3 is 12.1 Å². The molecule has 0 fully saturated rings. The van der Waals surface area contributed by atoms with Crippen molar-refractivity contribution in [2.24, 2.45) is 0 Å². The number of hydrogen-bond donors (Lipinski definition) is 7. The van der Waals surface area contributed by atoms with Gasteiger partial charge in [0, 0.05) is 6.54 Å². The molecule has 0 aliphatic rings. The van der Waals surface area contributed by atoms with Crippen molar-refractivity contribution in [3.05, 3.63) is 35.9 Å². The second-order valence-corrected chi connectivity index (χ2v) is 6.33. The van der Waals surface area contributed by atoms with Gasteiger partial charge in [-0.05, 0) is 31.7 Å². The summed E-state index contributed by atoms with van der Waals surface area (Å²) < 4.78 is 5.07. The second-order valence-electron chi connectivity index (χ2n) is 6.33. The Hall–Kier alpha value is -3.38. The van der Waals surface area contributed by atoms with Gasteiger partial charge in [0.05, 0.1) is 0 Å². The lowest BCUT2D eigenvalue weighted by Crippen LogP contribution is -2.53. The molecule has 12 heteroatoms. The quantitative estimate of drug-likeness (QED) is 0.150. The third-order valence-corrected chi connectivity index (χ3v) is 3.98. The van der Waals surface area contributed by atoms with Crippen molar-refractivity contribution in [1.29, 1.82) is 0 Å². The molecule has 12 nitrogen and oxygen atoms in total. The molecule has 2 atom stereocenters. The third kappa shape index (κ3) is 9.71. The highest BCUT2D eigenvalue weighted by atomic mass is 16.5. The largest absolute Gasteiger partial charge is 0.445 e. The lowest BCUT2D eigenvalue weighted by atomic mass is 10.1. The van der Waals surface area contributed by atoms with Crippen LogP contribution in [0, 0.1) is 0 Å². The van der Waals surface area contributed by atoms with E-state index in [9.17, 15) is 19.2 Å². The van der Waals surface area contributed by atoms with Gasteiger partial charge in [-0.2, -0.15) is 0 Å². The van der Waals surface area contributed by atoms with Crippen molar-refractivity contribution >= 4 is 23.9 Å². The van der Waals surface area contributed by atoms with E-state index in [0.29, 0.717) is 19.4 Å². The van der Waals surface area contributed by atoms with Crippen LogP contribution in [0.5, 0.6) is 0 Å². The van der Waals surface area contributed by atoms with Crippen LogP contribution in [-0.4, -0.2) is 53.0 Å². The van der Waals surface area contributed by atoms with E-state index in [1.807, 2.05) is 30.3 Å². The standard InChI is InChI=1S/C18H27N5O7/c1-12(15(24)22-28)20-17(26)21-14(16(25)23-29)9-5-6-10-19-18(27)30-11-13-7-3-2-4-8-13/h2-4,7-8,12,14,28-29H,5-6,9-11H2,1H3,(H,19,27)(H,22,24)(H,23,25)(H2,20,21,26)/t12-,14-/m0/s1. The van der Waals surface area contributed by atoms with Crippen LogP contribution >= 0.6 is 0 Å². The molecule has 1 aromatic rings. The number of ether oxygens (including phenoxy) is 1. The van der Waals surface area contributed by atoms with E-state index >= 15 is 0 Å². The molecule has 0 spiro atoms. The summed E-state index contributed by atoms with van der Waals surface area (Å²) in [5.74, 6) is -1.67. The molecule has 5 amide bonds. The van der Waals surface area contributed by atoms with Gasteiger partial charge in [-0.15, -0.1) is 0 Å². The number of amides is 5. The molecule has 0 radical (unpaired) electrons. The number of unbranched alkanes of at least 4 members (excludes halogenated alkanes) is 1. The zero-order chi connectivity index (χ0) is 22.4. The average Bonchev–Trinajstić information content (AvgIpc) is 2.75. The van der Waals surface area contributed by atoms with Crippen LogP contribution in [0.4, 0.5) is 9.59 Å². The molecule has 0 saturated heterocycles. The Balaban J connectivity index is 2.30. The smallest absolute Gasteiger partial charge is 0.407 e. The highest BCUT2D eigenvalue weighted by molar-refractivity contribution is 5.89. The lowest BCUT2D eigenvalue weighted by molar-refractivity contribution is -0.131. The highest BCUT2D eigenvalue weighted by Crippen LogP contribution is 2.03. The summed E-state index contributed by atoms with van der Waals surface area (Å²) >= 11 is 0. The second kappa shape index (κ2) is 13.7. The molecule has 0 aliphatic heterocycles. The Morgan fingerprint density at radius 1 is 0.967 bits per heavy atom. The Kier molecular flexibility index (Phi) is 11.3. The summed E-state index contributed by atoms with van der Waals surface area (Å²) in [6.07, 6.45) is 0.519. The molecular formula is C18H27N5O7. The molecule has 0 unspecified atom stereocenters. The van der Waals surface area contributed by atoms with Crippen LogP contribution in [0.15, 0.2) is 30.3 Å². The van der Waals surface area contributed by atoms with Crippen molar-refractivity contribution in [3.8, 4) is 0 Å². The van der Waals surface area contributed by atoms with E-state index in [4.69, 9.17) is 15.2 Å². The first kappa shape index (κ1) is 24.7. The van der Waals surface area contributed by atoms with Gasteiger partial charge in [0.2, 0.25) is 0 Å². The zero-order valence-corrected chi connectivity index (χ0v) is 16.5. The van der Waals surface area contributed by atoms with Gasteiger partial charge in [-0.25, -0.2) is 20.5 Å². The molecule has 0 saturated carbocycles. The summed E-state index contributed by atoms with van der Waals surface area (Å²) in [5, 5.41) is 24.5. The van der Waals surface area contributed by atoms with Gasteiger partial charge in [0.1, 0.15) is 18.7 Å². The van der Waals surface area contributed by atoms with E-state index in [1.54, 1.807) is 0 Å². The fraction of sp³-hybridized carbons (Fsp3) is 0.444. The molecule has 7 N–H and O–H groups in total. The number of hydroxylamine groups is 2. The van der Waals surface area contributed by atoms with Gasteiger partial charge in [-0.1, -0.05) is 30.3 Å². The van der Waals surface area contributed by atoms with E-state index < -0.39 is 36.0 Å². The van der Waals surface area contributed by atoms with E-state index in [-0.39, 0.29) is 13.0 Å². The number of alkyl carbamates (subject to hydrolysis) is 1. The third-order valence-electron chi connectivity index (χ3n) is 3.98. The summed E-state index contributed by atoms with van der Waals surface area (Å²) in [6, 6.07) is 6.27. The van der Waals surface area contributed by atoms with Crippen molar-refractivity contribution in [2.75, 3.05) is 6.54 Å². The van der Waals surface area contributed by atoms with Crippen LogP contribution in [0.2, 0.25) is 0 Å². The van der Waals surface area contributed by atoms with Gasteiger partial charge in [0.15, 0.2) is 0 Å². The minimum atomic E-state index is -1.07. The van der Waals surface area contributed by atoms with E-state index in [1.165, 1.54) is 17.9 Å². The number of benzene rings is 1. The highest BCUT2D eigenvalue weighted by Gasteiger charge is 2.22. The Labute approximate surface area is 173 Å². The first-order valence-corrected chi connectivity index (χ1v) is 9.26. The fourth-order valence-electron chi connectivity index (χ4n) is 2.34. The number of nitrogens with one attached hydrogen (secondary N) is 5. The van der Waals surface area contributed by atoms with Crippen LogP contribution in [0.3, 0.4) is 0 Å². The number of carbonyl (C=O) groups excluding carboxylic acids is 4. The summed E-state index contributed by atoms with van der Waals surface area (Å²) in [5.41, 5.74) is 3.71. The maximum Gasteiger partial charge on any atom is 0.407 e. The summed E-state index contributed by atoms with van der Waals surface area (Å²) in [6.45, 7) is 1.77. The Bertz CT molecular complexity index is 701. The number of urea groups is 1. The average molecular weight is 425 g/mol. The molecule has 1 aromatic carbocycles. The topological polar surface area (TPSA) is 178 Å². The van der Waals surface area contributed by atoms with Gasteiger partial charge in [0.25, 0.3) is 11.8 Å². The van der Waals surface area contributed by atoms with Crippen LogP contribution in [0.1, 0.15) is 31.7 Å². The lowest BCUT2D eigenvalue weighted by Gasteiger charge is -2.19. The van der Waals surface area contributed by atoms with Crippen molar-refractivity contribution in [2.45, 2.75) is 44.9 Å². The summed E-state index contributed by atoms with van der Waals surface area (Å²) in [7, 11) is 0. The minimum absolute atomic E-state index is 0.150. The van der Waals surface area contributed by atoms with Crippen molar-refractivity contribution in [1.82, 2.24) is 26.9 Å². The minimum Gasteiger partial charge on any atom is -0.445 e. The van der Waals surface area contributed by atoms with Crippen LogP contribution in [-0.2, 0) is 20.9 Å². The predicted octanol–water partition coefficient (Wildman–Crippen LogP) is 0.150. The molecule has 30 heavy (non-hydrogen) atoms. The van der Waals surface area contributed by atoms with Crippen LogP contribution in [0.25, 0.3) is 0 Å². The molecule has 0 aliphatic carbocycles. The number of carbonyl (C=O) groups is 4. The number of rotatable bonds is 11. The van der Waals surface area contributed by atoms with Gasteiger partial charge in [-0.3, -0.25) is 20.0 Å². The van der Waals surface area contributed by atoms with Crippen molar-refractivity contribution in [3.63, 3.8) is 0 Å². The zero-order valence-electron chi connectivity index (χ0n) is 16.5. The maximum absolute atomic E-state index is 11.9. The van der Waals surface area contributed by atoms with Gasteiger partial charge < -0.3 is 20.7 Å². The summed E-state index contributed by atoms with van der Waals surface area (Å²) in [4.78, 5) is 46.4. The Morgan fingerprint density at radius 3 is 2.27 bits per heavy atom. The molecule has 0 bridgehead atoms. The predicted molar refractivity (Wildman–Crippen MR) is 103 cm³/mol. The van der Waals surface area contributed by atoms with E-state index in [2.05, 4.69) is 16.0 Å². The monoisotopic (exact) mass is 425 g/mol. The first-order valence-electron chi connectivity index (χ1n) is 9.26. The number of hydrogen-bond acceptors (Lipinski definition) is 7. The molecule has 0 heterocycles. The first-order chi connectivity index (χ1) is 14.4. The van der Waals surface area contributed by atoms with Crippen molar-refractivity contribution < 1.29 is 34.3 Å². The molecular weight excluding hydrogens is 398 g/mol. The fourth-order valence-corrected chi connectivity index (χ4v) is 2.34. The van der Waals surface area contributed by atoms with E-state index in [0.717, 1.165) is 5.56 Å². The van der Waals surface area contributed by atoms with Crippen LogP contribution < -0.4 is 26.9 Å². The maximum atomic E-state index is 11.9. The molecule has 0 aromatic heterocycles. The Morgan fingerprint density at radius 2 is 1.63 bits per heavy atom. The molecule has 166 valence electrons. The normalized spacial score (nSPS) is 12.1. The SMILES string of the molecule is C[C@H](NC(=O)N[C@@H](CCCCNC(=O)OCc1ccccc1)C(=O)NO)C(=O)NO. The molecule has 1 rings (SSSR count).